The lowest BCUT2D eigenvalue weighted by Crippen LogP contribution is -2.49. The molecule has 27 heavy (non-hydrogen) atoms. The Kier molecular flexibility index (Phi) is 9.94. The summed E-state index contributed by atoms with van der Waals surface area (Å²) in [6.07, 6.45) is 3.45. The van der Waals surface area contributed by atoms with Crippen molar-refractivity contribution in [3.05, 3.63) is 17.5 Å². The minimum atomic E-state index is 0.175. The Balaban J connectivity index is 1.83. The van der Waals surface area contributed by atoms with E-state index < -0.39 is 0 Å². The summed E-state index contributed by atoms with van der Waals surface area (Å²) in [6, 6.07) is 4.82. The largest absolute Gasteiger partial charge is 0.377 e. The number of nitrogens with zero attached hydrogens (tertiary/aromatic N) is 3. The highest BCUT2D eigenvalue weighted by Gasteiger charge is 2.21. The van der Waals surface area contributed by atoms with Crippen LogP contribution in [0.15, 0.2) is 22.5 Å². The zero-order valence-corrected chi connectivity index (χ0v) is 18.2. The van der Waals surface area contributed by atoms with Crippen molar-refractivity contribution >= 4 is 22.3 Å². The minimum absolute atomic E-state index is 0.175. The molecule has 154 valence electrons. The summed E-state index contributed by atoms with van der Waals surface area (Å²) < 4.78 is 5.87. The third-order valence-corrected chi connectivity index (χ3v) is 5.68. The fraction of sp³-hybridized carbons (Fsp3) is 0.750. The van der Waals surface area contributed by atoms with Crippen LogP contribution >= 0.6 is 11.3 Å². The lowest BCUT2D eigenvalue weighted by molar-refractivity contribution is 0.0582. The van der Waals surface area contributed by atoms with Gasteiger partial charge in [-0.1, -0.05) is 0 Å². The molecule has 1 aromatic rings. The first-order valence-corrected chi connectivity index (χ1v) is 11.1. The molecule has 1 aromatic heterocycles. The third-order valence-electron chi connectivity index (χ3n) is 4.75. The Morgan fingerprint density at radius 3 is 2.74 bits per heavy atom. The van der Waals surface area contributed by atoms with E-state index >= 15 is 0 Å². The van der Waals surface area contributed by atoms with Gasteiger partial charge in [-0.15, -0.1) is 11.3 Å². The molecule has 7 heteroatoms. The van der Waals surface area contributed by atoms with E-state index in [1.165, 1.54) is 5.00 Å². The van der Waals surface area contributed by atoms with Crippen LogP contribution in [0.1, 0.15) is 33.1 Å². The lowest BCUT2D eigenvalue weighted by Gasteiger charge is -2.33. The van der Waals surface area contributed by atoms with Crippen molar-refractivity contribution in [2.45, 2.75) is 45.3 Å². The van der Waals surface area contributed by atoms with Crippen molar-refractivity contribution in [2.75, 3.05) is 58.3 Å². The normalized spacial score (nSPS) is 17.4. The molecule has 0 saturated carbocycles. The summed E-state index contributed by atoms with van der Waals surface area (Å²) in [7, 11) is 4.20. The van der Waals surface area contributed by atoms with Gasteiger partial charge in [0.15, 0.2) is 5.96 Å². The predicted octanol–water partition coefficient (Wildman–Crippen LogP) is 2.63. The Morgan fingerprint density at radius 2 is 2.15 bits per heavy atom. The van der Waals surface area contributed by atoms with Crippen LogP contribution in [0.3, 0.4) is 0 Å². The molecular weight excluding hydrogens is 358 g/mol. The highest BCUT2D eigenvalue weighted by molar-refractivity contribution is 7.14. The number of piperidine rings is 1. The van der Waals surface area contributed by atoms with Gasteiger partial charge in [0.25, 0.3) is 0 Å². The molecule has 0 aliphatic carbocycles. The van der Waals surface area contributed by atoms with E-state index in [2.05, 4.69) is 65.9 Å². The molecule has 2 rings (SSSR count). The first kappa shape index (κ1) is 22.0. The van der Waals surface area contributed by atoms with Crippen LogP contribution in [-0.4, -0.2) is 76.4 Å². The van der Waals surface area contributed by atoms with Gasteiger partial charge < -0.3 is 25.2 Å². The molecule has 1 fully saturated rings. The molecule has 1 unspecified atom stereocenters. The number of aliphatic imine (C=N–C) groups is 1. The van der Waals surface area contributed by atoms with Gasteiger partial charge in [-0.2, -0.15) is 0 Å². The molecule has 0 spiro atoms. The molecule has 2 N–H and O–H groups in total. The van der Waals surface area contributed by atoms with E-state index in [-0.39, 0.29) is 6.10 Å². The smallest absolute Gasteiger partial charge is 0.191 e. The van der Waals surface area contributed by atoms with Crippen molar-refractivity contribution in [3.63, 3.8) is 0 Å². The van der Waals surface area contributed by atoms with Crippen molar-refractivity contribution in [1.29, 1.82) is 0 Å². The molecule has 1 aliphatic rings. The molecule has 1 atom stereocenters. The topological polar surface area (TPSA) is 52.1 Å². The average molecular weight is 396 g/mol. The standard InChI is InChI=1S/C20H37N5OS/c1-5-21-20(22-16-18(26-6-2)11-12-24(3)4)23-17-9-13-25(14-10-17)19-8-7-15-27-19/h7-8,15,17-18H,5-6,9-14,16H2,1-4H3,(H2,21,22,23). The Morgan fingerprint density at radius 1 is 1.37 bits per heavy atom. The first-order valence-electron chi connectivity index (χ1n) is 10.2. The third kappa shape index (κ3) is 8.07. The molecule has 2 heterocycles. The van der Waals surface area contributed by atoms with E-state index in [1.807, 2.05) is 11.3 Å². The summed E-state index contributed by atoms with van der Waals surface area (Å²) in [5, 5.41) is 10.6. The zero-order chi connectivity index (χ0) is 19.5. The van der Waals surface area contributed by atoms with Crippen molar-refractivity contribution in [1.82, 2.24) is 15.5 Å². The monoisotopic (exact) mass is 395 g/mol. The minimum Gasteiger partial charge on any atom is -0.377 e. The van der Waals surface area contributed by atoms with Gasteiger partial charge in [-0.05, 0) is 64.7 Å². The van der Waals surface area contributed by atoms with E-state index in [0.717, 1.165) is 58.0 Å². The number of nitrogens with one attached hydrogen (secondary N) is 2. The van der Waals surface area contributed by atoms with Crippen molar-refractivity contribution < 1.29 is 4.74 Å². The number of hydrogen-bond acceptors (Lipinski definition) is 5. The summed E-state index contributed by atoms with van der Waals surface area (Å²) >= 11 is 1.83. The fourth-order valence-corrected chi connectivity index (χ4v) is 4.05. The number of anilines is 1. The summed E-state index contributed by atoms with van der Waals surface area (Å²) in [6.45, 7) is 9.69. The molecule has 0 radical (unpaired) electrons. The summed E-state index contributed by atoms with van der Waals surface area (Å²) in [4.78, 5) is 9.49. The second kappa shape index (κ2) is 12.2. The highest BCUT2D eigenvalue weighted by atomic mass is 32.1. The van der Waals surface area contributed by atoms with Crippen LogP contribution in [0.5, 0.6) is 0 Å². The number of hydrogen-bond donors (Lipinski definition) is 2. The van der Waals surface area contributed by atoms with Crippen molar-refractivity contribution in [3.8, 4) is 0 Å². The molecule has 0 bridgehead atoms. The highest BCUT2D eigenvalue weighted by Crippen LogP contribution is 2.24. The Bertz CT molecular complexity index is 526. The van der Waals surface area contributed by atoms with E-state index in [0.29, 0.717) is 12.6 Å². The molecule has 0 amide bonds. The van der Waals surface area contributed by atoms with Crippen LogP contribution in [0.2, 0.25) is 0 Å². The SMILES string of the molecule is CCNC(=NCC(CCN(C)C)OCC)NC1CCN(c2cccs2)CC1. The lowest BCUT2D eigenvalue weighted by atomic mass is 10.1. The van der Waals surface area contributed by atoms with Gasteiger partial charge >= 0.3 is 0 Å². The second-order valence-electron chi connectivity index (χ2n) is 7.25. The maximum atomic E-state index is 5.87. The average Bonchev–Trinajstić information content (AvgIpc) is 3.19. The number of thiophene rings is 1. The number of guanidine groups is 1. The van der Waals surface area contributed by atoms with Crippen molar-refractivity contribution in [2.24, 2.45) is 4.99 Å². The van der Waals surface area contributed by atoms with Gasteiger partial charge in [0, 0.05) is 38.8 Å². The van der Waals surface area contributed by atoms with Crippen LogP contribution < -0.4 is 15.5 Å². The van der Waals surface area contributed by atoms with Gasteiger partial charge in [-0.3, -0.25) is 4.99 Å². The van der Waals surface area contributed by atoms with Crippen LogP contribution in [0.25, 0.3) is 0 Å². The maximum Gasteiger partial charge on any atom is 0.191 e. The molecule has 1 aliphatic heterocycles. The van der Waals surface area contributed by atoms with E-state index in [4.69, 9.17) is 9.73 Å². The van der Waals surface area contributed by atoms with E-state index in [9.17, 15) is 0 Å². The molecule has 6 nitrogen and oxygen atoms in total. The van der Waals surface area contributed by atoms with E-state index in [1.54, 1.807) is 0 Å². The van der Waals surface area contributed by atoms with Crippen LogP contribution in [0, 0.1) is 0 Å². The Hall–Kier alpha value is -1.31. The van der Waals surface area contributed by atoms with Crippen LogP contribution in [0.4, 0.5) is 5.00 Å². The second-order valence-corrected chi connectivity index (χ2v) is 8.17. The maximum absolute atomic E-state index is 5.87. The van der Waals surface area contributed by atoms with Gasteiger partial charge in [0.1, 0.15) is 0 Å². The van der Waals surface area contributed by atoms with Gasteiger partial charge in [0.05, 0.1) is 17.6 Å². The van der Waals surface area contributed by atoms with Gasteiger partial charge in [-0.25, -0.2) is 0 Å². The number of ether oxygens (including phenoxy) is 1. The molecule has 1 saturated heterocycles. The van der Waals surface area contributed by atoms with Gasteiger partial charge in [0.2, 0.25) is 0 Å². The van der Waals surface area contributed by atoms with Crippen LogP contribution in [-0.2, 0) is 4.74 Å². The number of rotatable bonds is 10. The molecular formula is C20H37N5OS. The first-order chi connectivity index (χ1) is 13.1. The fourth-order valence-electron chi connectivity index (χ4n) is 3.27. The zero-order valence-electron chi connectivity index (χ0n) is 17.4. The summed E-state index contributed by atoms with van der Waals surface area (Å²) in [5.74, 6) is 0.918. The Labute approximate surface area is 169 Å². The predicted molar refractivity (Wildman–Crippen MR) is 117 cm³/mol. The summed E-state index contributed by atoms with van der Waals surface area (Å²) in [5.41, 5.74) is 0. The quantitative estimate of drug-likeness (QED) is 0.471. The molecule has 0 aromatic carbocycles.